The summed E-state index contributed by atoms with van der Waals surface area (Å²) in [6.45, 7) is 17.2. The minimum absolute atomic E-state index is 0.105. The molecule has 4 rings (SSSR count). The van der Waals surface area contributed by atoms with Crippen molar-refractivity contribution < 1.29 is 9.53 Å². The summed E-state index contributed by atoms with van der Waals surface area (Å²) in [5.41, 5.74) is 2.53. The second kappa shape index (κ2) is 16.2. The number of unbranched alkanes of at least 4 members (excludes halogenated alkanes) is 6. The maximum absolute atomic E-state index is 13.5. The van der Waals surface area contributed by atoms with Gasteiger partial charge >= 0.3 is 5.97 Å². The molecule has 0 aromatic rings. The Balaban J connectivity index is 1.35. The summed E-state index contributed by atoms with van der Waals surface area (Å²) in [4.78, 5) is 13.5. The Morgan fingerprint density at radius 2 is 1.51 bits per heavy atom. The van der Waals surface area contributed by atoms with Crippen LogP contribution in [0.4, 0.5) is 0 Å². The van der Waals surface area contributed by atoms with E-state index in [2.05, 4.69) is 54.5 Å². The number of carbonyl (C=O) groups excluding carboxylic acids is 1. The van der Waals surface area contributed by atoms with Crippen molar-refractivity contribution >= 4 is 5.97 Å². The third kappa shape index (κ3) is 8.33. The summed E-state index contributed by atoms with van der Waals surface area (Å²) >= 11 is 0. The summed E-state index contributed by atoms with van der Waals surface area (Å²) < 4.78 is 6.39. The van der Waals surface area contributed by atoms with Crippen LogP contribution in [-0.2, 0) is 9.53 Å². The second-order valence-corrected chi connectivity index (χ2v) is 17.0. The normalized spacial score (nSPS) is 35.1. The van der Waals surface area contributed by atoms with Crippen molar-refractivity contribution in [1.82, 2.24) is 0 Å². The summed E-state index contributed by atoms with van der Waals surface area (Å²) in [7, 11) is 0. The third-order valence-corrected chi connectivity index (χ3v) is 13.7. The Bertz CT molecular complexity index is 888. The van der Waals surface area contributed by atoms with Crippen LogP contribution in [0, 0.1) is 52.3 Å². The van der Waals surface area contributed by atoms with E-state index in [1.165, 1.54) is 109 Å². The Labute approximate surface area is 268 Å². The Kier molecular flexibility index (Phi) is 13.2. The molecule has 3 fully saturated rings. The summed E-state index contributed by atoms with van der Waals surface area (Å²) in [6, 6.07) is 0. The summed E-state index contributed by atoms with van der Waals surface area (Å²) in [5, 5.41) is 0. The molecule has 43 heavy (non-hydrogen) atoms. The van der Waals surface area contributed by atoms with Crippen LogP contribution in [-0.4, -0.2) is 12.1 Å². The molecule has 0 amide bonds. The van der Waals surface area contributed by atoms with Crippen LogP contribution in [0.25, 0.3) is 0 Å². The summed E-state index contributed by atoms with van der Waals surface area (Å²) in [6.07, 6.45) is 29.4. The standard InChI is InChI=1S/C41H72O2/c1-8-10-12-13-15-20-32(19-14-11-9-2)39(42)43-34-25-27-40(6)33(29-34)21-22-35-37-24-23-36(31(5)18-16-17-30(3)4)41(37,7)28-26-38(35)40/h21,30-32,34-38H,8-20,22-29H2,1-7H3/t31-,32?,34+,35+,36-,37+,38+,40+,41-/m1/s1. The van der Waals surface area contributed by atoms with Gasteiger partial charge in [-0.15, -0.1) is 0 Å². The quantitative estimate of drug-likeness (QED) is 0.0948. The number of hydrogen-bond acceptors (Lipinski definition) is 2. The molecular weight excluding hydrogens is 524 g/mol. The van der Waals surface area contributed by atoms with E-state index in [0.29, 0.717) is 10.8 Å². The zero-order valence-corrected chi connectivity index (χ0v) is 29.9. The van der Waals surface area contributed by atoms with E-state index < -0.39 is 0 Å². The Morgan fingerprint density at radius 1 is 0.814 bits per heavy atom. The molecule has 2 nitrogen and oxygen atoms in total. The first kappa shape index (κ1) is 35.1. The molecule has 0 aromatic heterocycles. The van der Waals surface area contributed by atoms with Gasteiger partial charge in [-0.3, -0.25) is 4.79 Å². The fourth-order valence-corrected chi connectivity index (χ4v) is 11.0. The SMILES string of the molecule is CCCCCCCC(CCCCC)C(=O)O[C@H]1CC[C@@]2(C)C(=CC[C@H]3[C@@H]4CC[C@H]([C@H](C)CCCC(C)C)[C@@]4(C)CC[C@@H]32)C1. The molecule has 4 aliphatic rings. The van der Waals surface area contributed by atoms with Gasteiger partial charge in [-0.2, -0.15) is 0 Å². The largest absolute Gasteiger partial charge is 0.462 e. The van der Waals surface area contributed by atoms with Crippen molar-refractivity contribution in [1.29, 1.82) is 0 Å². The van der Waals surface area contributed by atoms with Gasteiger partial charge in [0.15, 0.2) is 0 Å². The number of hydrogen-bond donors (Lipinski definition) is 0. The van der Waals surface area contributed by atoms with Gasteiger partial charge in [0.2, 0.25) is 0 Å². The topological polar surface area (TPSA) is 26.3 Å². The Hall–Kier alpha value is -0.790. The first-order valence-electron chi connectivity index (χ1n) is 19.5. The fraction of sp³-hybridized carbons (Fsp3) is 0.927. The number of rotatable bonds is 17. The van der Waals surface area contributed by atoms with E-state index in [9.17, 15) is 4.79 Å². The lowest BCUT2D eigenvalue weighted by Gasteiger charge is -2.58. The molecule has 9 atom stereocenters. The van der Waals surface area contributed by atoms with Crippen molar-refractivity contribution in [2.24, 2.45) is 52.3 Å². The van der Waals surface area contributed by atoms with Crippen molar-refractivity contribution in [3.63, 3.8) is 0 Å². The zero-order valence-electron chi connectivity index (χ0n) is 29.9. The smallest absolute Gasteiger partial charge is 0.309 e. The molecule has 2 heteroatoms. The summed E-state index contributed by atoms with van der Waals surface area (Å²) in [5.74, 6) is 5.50. The minimum Gasteiger partial charge on any atom is -0.462 e. The van der Waals surface area contributed by atoms with Gasteiger partial charge in [-0.25, -0.2) is 0 Å². The van der Waals surface area contributed by atoms with Gasteiger partial charge in [0.05, 0.1) is 5.92 Å². The number of esters is 1. The van der Waals surface area contributed by atoms with Crippen molar-refractivity contribution in [2.75, 3.05) is 0 Å². The first-order chi connectivity index (χ1) is 20.6. The molecule has 0 aromatic carbocycles. The lowest BCUT2D eigenvalue weighted by molar-refractivity contribution is -0.157. The Morgan fingerprint density at radius 3 is 2.23 bits per heavy atom. The average molecular weight is 597 g/mol. The van der Waals surface area contributed by atoms with Gasteiger partial charge in [0.25, 0.3) is 0 Å². The van der Waals surface area contributed by atoms with Crippen LogP contribution < -0.4 is 0 Å². The molecule has 3 saturated carbocycles. The molecular formula is C41H72O2. The molecule has 0 saturated heterocycles. The highest BCUT2D eigenvalue weighted by molar-refractivity contribution is 5.72. The van der Waals surface area contributed by atoms with Crippen molar-refractivity contribution in [3.8, 4) is 0 Å². The van der Waals surface area contributed by atoms with Crippen molar-refractivity contribution in [3.05, 3.63) is 11.6 Å². The van der Waals surface area contributed by atoms with Crippen LogP contribution in [0.2, 0.25) is 0 Å². The van der Waals surface area contributed by atoms with E-state index in [1.807, 2.05) is 0 Å². The van der Waals surface area contributed by atoms with Crippen LogP contribution >= 0.6 is 0 Å². The molecule has 0 aliphatic heterocycles. The highest BCUT2D eigenvalue weighted by atomic mass is 16.5. The predicted molar refractivity (Wildman–Crippen MR) is 184 cm³/mol. The van der Waals surface area contributed by atoms with Crippen LogP contribution in [0.1, 0.15) is 183 Å². The maximum atomic E-state index is 13.5. The van der Waals surface area contributed by atoms with E-state index >= 15 is 0 Å². The lowest BCUT2D eigenvalue weighted by Crippen LogP contribution is -2.51. The van der Waals surface area contributed by atoms with E-state index in [0.717, 1.165) is 61.2 Å². The number of allylic oxidation sites excluding steroid dienone is 1. The van der Waals surface area contributed by atoms with Gasteiger partial charge in [-0.1, -0.05) is 131 Å². The number of carbonyl (C=O) groups is 1. The van der Waals surface area contributed by atoms with Crippen LogP contribution in [0.5, 0.6) is 0 Å². The molecule has 0 N–H and O–H groups in total. The average Bonchev–Trinajstić information content (AvgIpc) is 3.33. The van der Waals surface area contributed by atoms with Gasteiger partial charge in [0.1, 0.15) is 6.10 Å². The lowest BCUT2D eigenvalue weighted by atomic mass is 9.47. The number of ether oxygens (including phenoxy) is 1. The maximum Gasteiger partial charge on any atom is 0.309 e. The van der Waals surface area contributed by atoms with E-state index in [4.69, 9.17) is 4.74 Å². The van der Waals surface area contributed by atoms with Crippen LogP contribution in [0.15, 0.2) is 11.6 Å². The molecule has 0 radical (unpaired) electrons. The molecule has 0 bridgehead atoms. The highest BCUT2D eigenvalue weighted by Crippen LogP contribution is 2.67. The molecule has 0 heterocycles. The van der Waals surface area contributed by atoms with E-state index in [1.54, 1.807) is 5.57 Å². The molecule has 0 spiro atoms. The van der Waals surface area contributed by atoms with Crippen LogP contribution in [0.3, 0.4) is 0 Å². The number of fused-ring (bicyclic) bond motifs is 5. The predicted octanol–water partition coefficient (Wildman–Crippen LogP) is 12.5. The van der Waals surface area contributed by atoms with Crippen molar-refractivity contribution in [2.45, 2.75) is 189 Å². The van der Waals surface area contributed by atoms with Gasteiger partial charge in [-0.05, 0) is 104 Å². The molecule has 248 valence electrons. The van der Waals surface area contributed by atoms with Gasteiger partial charge < -0.3 is 4.74 Å². The second-order valence-electron chi connectivity index (χ2n) is 17.0. The molecule has 1 unspecified atom stereocenters. The first-order valence-corrected chi connectivity index (χ1v) is 19.5. The third-order valence-electron chi connectivity index (χ3n) is 13.7. The monoisotopic (exact) mass is 597 g/mol. The highest BCUT2D eigenvalue weighted by Gasteiger charge is 2.59. The minimum atomic E-state index is 0.105. The molecule has 4 aliphatic carbocycles. The van der Waals surface area contributed by atoms with Gasteiger partial charge in [0, 0.05) is 6.42 Å². The fourth-order valence-electron chi connectivity index (χ4n) is 11.0. The van der Waals surface area contributed by atoms with E-state index in [-0.39, 0.29) is 18.0 Å². The zero-order chi connectivity index (χ0) is 31.0.